The number of aryl methyl sites for hydroxylation is 2. The van der Waals surface area contributed by atoms with E-state index in [4.69, 9.17) is 9.47 Å². The van der Waals surface area contributed by atoms with Gasteiger partial charge in [0.05, 0.1) is 0 Å². The lowest BCUT2D eigenvalue weighted by Gasteiger charge is -2.24. The zero-order valence-corrected chi connectivity index (χ0v) is 13.3. The number of allylic oxidation sites excluding steroid dienone is 1. The second kappa shape index (κ2) is 4.91. The van der Waals surface area contributed by atoms with E-state index in [1.54, 1.807) is 0 Å². The molecule has 4 rings (SSSR count). The van der Waals surface area contributed by atoms with Crippen molar-refractivity contribution in [3.8, 4) is 22.6 Å². The van der Waals surface area contributed by atoms with Gasteiger partial charge in [0, 0.05) is 5.56 Å². The van der Waals surface area contributed by atoms with Crippen LogP contribution in [0.15, 0.2) is 29.8 Å². The van der Waals surface area contributed by atoms with Crippen molar-refractivity contribution in [2.75, 3.05) is 13.2 Å². The molecule has 1 aliphatic heterocycles. The molecule has 0 saturated carbocycles. The van der Waals surface area contributed by atoms with Gasteiger partial charge in [-0.25, -0.2) is 0 Å². The third-order valence-electron chi connectivity index (χ3n) is 4.34. The first-order valence-corrected chi connectivity index (χ1v) is 7.83. The van der Waals surface area contributed by atoms with Crippen molar-refractivity contribution in [2.45, 2.75) is 27.2 Å². The van der Waals surface area contributed by atoms with E-state index >= 15 is 0 Å². The van der Waals surface area contributed by atoms with Crippen molar-refractivity contribution >= 4 is 6.08 Å². The molecule has 0 unspecified atom stereocenters. The second-order valence-electron chi connectivity index (χ2n) is 6.39. The summed E-state index contributed by atoms with van der Waals surface area (Å²) in [5.74, 6) is 1.79. The summed E-state index contributed by atoms with van der Waals surface area (Å²) in [5.41, 5.74) is 9.04. The summed E-state index contributed by atoms with van der Waals surface area (Å²) in [7, 11) is 0. The predicted octanol–water partition coefficient (Wildman–Crippen LogP) is 4.70. The Kier molecular flexibility index (Phi) is 3.00. The van der Waals surface area contributed by atoms with Crippen LogP contribution in [-0.2, 0) is 6.42 Å². The molecule has 2 aromatic rings. The Labute approximate surface area is 131 Å². The molecule has 2 nitrogen and oxygen atoms in total. The number of hydrogen-bond donors (Lipinski definition) is 0. The predicted molar refractivity (Wildman–Crippen MR) is 89.7 cm³/mol. The van der Waals surface area contributed by atoms with Gasteiger partial charge in [0.15, 0.2) is 11.5 Å². The number of fused-ring (bicyclic) bond motifs is 2. The molecule has 0 fully saturated rings. The first-order chi connectivity index (χ1) is 10.6. The minimum Gasteiger partial charge on any atom is -0.486 e. The Balaban J connectivity index is 2.01. The van der Waals surface area contributed by atoms with E-state index in [-0.39, 0.29) is 0 Å². The molecule has 22 heavy (non-hydrogen) atoms. The summed E-state index contributed by atoms with van der Waals surface area (Å²) in [6.45, 7) is 7.72. The third-order valence-corrected chi connectivity index (χ3v) is 4.34. The van der Waals surface area contributed by atoms with E-state index in [0.717, 1.165) is 17.9 Å². The molecule has 2 heteroatoms. The van der Waals surface area contributed by atoms with Crippen molar-refractivity contribution in [3.63, 3.8) is 0 Å². The highest BCUT2D eigenvalue weighted by Crippen LogP contribution is 2.47. The van der Waals surface area contributed by atoms with Crippen LogP contribution in [0.1, 0.15) is 29.2 Å². The highest BCUT2D eigenvalue weighted by Gasteiger charge is 2.25. The van der Waals surface area contributed by atoms with Crippen molar-refractivity contribution < 1.29 is 9.47 Å². The van der Waals surface area contributed by atoms with Gasteiger partial charge in [0.25, 0.3) is 0 Å². The van der Waals surface area contributed by atoms with Gasteiger partial charge in [-0.1, -0.05) is 41.0 Å². The smallest absolute Gasteiger partial charge is 0.169 e. The van der Waals surface area contributed by atoms with Crippen LogP contribution in [0.25, 0.3) is 17.2 Å². The molecule has 2 aliphatic rings. The second-order valence-corrected chi connectivity index (χ2v) is 6.39. The van der Waals surface area contributed by atoms with Crippen LogP contribution in [0.4, 0.5) is 0 Å². The molecule has 0 N–H and O–H groups in total. The van der Waals surface area contributed by atoms with E-state index in [1.807, 2.05) is 0 Å². The van der Waals surface area contributed by atoms with Crippen molar-refractivity contribution in [3.05, 3.63) is 52.1 Å². The summed E-state index contributed by atoms with van der Waals surface area (Å²) >= 11 is 0. The average molecular weight is 292 g/mol. The first-order valence-electron chi connectivity index (χ1n) is 7.83. The molecule has 1 heterocycles. The van der Waals surface area contributed by atoms with Crippen molar-refractivity contribution in [1.29, 1.82) is 0 Å². The maximum atomic E-state index is 6.00. The summed E-state index contributed by atoms with van der Waals surface area (Å²) in [6, 6.07) is 8.83. The molecular formula is C20H20O2. The van der Waals surface area contributed by atoms with Gasteiger partial charge in [-0.2, -0.15) is 0 Å². The summed E-state index contributed by atoms with van der Waals surface area (Å²) in [4.78, 5) is 0. The highest BCUT2D eigenvalue weighted by atomic mass is 16.6. The van der Waals surface area contributed by atoms with Crippen LogP contribution in [0.3, 0.4) is 0 Å². The van der Waals surface area contributed by atoms with Gasteiger partial charge in [-0.3, -0.25) is 0 Å². The van der Waals surface area contributed by atoms with Crippen LogP contribution in [0.2, 0.25) is 0 Å². The highest BCUT2D eigenvalue weighted by molar-refractivity contribution is 5.85. The average Bonchev–Trinajstić information content (AvgIpc) is 2.82. The molecule has 2 aromatic carbocycles. The molecule has 0 saturated heterocycles. The summed E-state index contributed by atoms with van der Waals surface area (Å²) < 4.78 is 11.9. The van der Waals surface area contributed by atoms with Crippen LogP contribution >= 0.6 is 0 Å². The Hall–Kier alpha value is -2.22. The van der Waals surface area contributed by atoms with Crippen molar-refractivity contribution in [2.24, 2.45) is 0 Å². The molecule has 112 valence electrons. The van der Waals surface area contributed by atoms with E-state index in [2.05, 4.69) is 51.1 Å². The summed E-state index contributed by atoms with van der Waals surface area (Å²) in [6.07, 6.45) is 3.26. The van der Waals surface area contributed by atoms with E-state index in [1.165, 1.54) is 39.0 Å². The lowest BCUT2D eigenvalue weighted by Crippen LogP contribution is -2.16. The molecular weight excluding hydrogens is 272 g/mol. The molecule has 1 aliphatic carbocycles. The van der Waals surface area contributed by atoms with Crippen LogP contribution in [-0.4, -0.2) is 13.2 Å². The molecule has 0 radical (unpaired) electrons. The molecule has 0 spiro atoms. The van der Waals surface area contributed by atoms with Gasteiger partial charge in [0.1, 0.15) is 13.2 Å². The third kappa shape index (κ3) is 2.10. The molecule has 0 bridgehead atoms. The van der Waals surface area contributed by atoms with Crippen LogP contribution in [0, 0.1) is 13.8 Å². The SMILES string of the molecule is CC1=Cc2cc3c(c(-c4cc(C)cc(C)c4)c2C1)OCCO3. The van der Waals surface area contributed by atoms with E-state index in [0.29, 0.717) is 13.2 Å². The number of ether oxygens (including phenoxy) is 2. The fraction of sp³-hybridized carbons (Fsp3) is 0.300. The Morgan fingerprint density at radius 3 is 2.36 bits per heavy atom. The van der Waals surface area contributed by atoms with Gasteiger partial charge in [-0.05, 0) is 49.9 Å². The molecule has 0 amide bonds. The Morgan fingerprint density at radius 2 is 1.59 bits per heavy atom. The standard InChI is InChI=1S/C20H20O2/c1-12-6-13(2)9-16(8-12)19-17-10-14(3)7-15(17)11-18-20(19)22-5-4-21-18/h6-9,11H,4-5,10H2,1-3H3. The zero-order valence-electron chi connectivity index (χ0n) is 13.3. The minimum absolute atomic E-state index is 0.621. The molecule has 0 aromatic heterocycles. The quantitative estimate of drug-likeness (QED) is 0.758. The lowest BCUT2D eigenvalue weighted by molar-refractivity contribution is 0.172. The zero-order chi connectivity index (χ0) is 15.3. The topological polar surface area (TPSA) is 18.5 Å². The van der Waals surface area contributed by atoms with Gasteiger partial charge >= 0.3 is 0 Å². The van der Waals surface area contributed by atoms with Gasteiger partial charge in [-0.15, -0.1) is 0 Å². The maximum Gasteiger partial charge on any atom is 0.169 e. The minimum atomic E-state index is 0.621. The normalized spacial score (nSPS) is 15.5. The monoisotopic (exact) mass is 292 g/mol. The number of rotatable bonds is 1. The maximum absolute atomic E-state index is 6.00. The Morgan fingerprint density at radius 1 is 0.864 bits per heavy atom. The molecule has 0 atom stereocenters. The van der Waals surface area contributed by atoms with E-state index in [9.17, 15) is 0 Å². The van der Waals surface area contributed by atoms with E-state index < -0.39 is 0 Å². The lowest BCUT2D eigenvalue weighted by atomic mass is 9.92. The fourth-order valence-corrected chi connectivity index (χ4v) is 3.58. The first kappa shape index (κ1) is 13.4. The van der Waals surface area contributed by atoms with Crippen molar-refractivity contribution in [1.82, 2.24) is 0 Å². The summed E-state index contributed by atoms with van der Waals surface area (Å²) in [5, 5.41) is 0. The largest absolute Gasteiger partial charge is 0.486 e. The van der Waals surface area contributed by atoms with Gasteiger partial charge < -0.3 is 9.47 Å². The Bertz CT molecular complexity index is 780. The van der Waals surface area contributed by atoms with Crippen LogP contribution < -0.4 is 9.47 Å². The fourth-order valence-electron chi connectivity index (χ4n) is 3.58. The van der Waals surface area contributed by atoms with Gasteiger partial charge in [0.2, 0.25) is 0 Å². The number of benzene rings is 2. The van der Waals surface area contributed by atoms with Crippen LogP contribution in [0.5, 0.6) is 11.5 Å². The number of hydrogen-bond acceptors (Lipinski definition) is 2.